The lowest BCUT2D eigenvalue weighted by atomic mass is 10.1. The monoisotopic (exact) mass is 260 g/mol. The first-order valence-electron chi connectivity index (χ1n) is 5.41. The number of carbonyl (C=O) groups excluding carboxylic acids is 1. The van der Waals surface area contributed by atoms with Crippen LogP contribution < -0.4 is 16.7 Å². The molecular weight excluding hydrogens is 248 g/mol. The number of nitrogens with two attached hydrogens (primary N) is 1. The Bertz CT molecular complexity index is 734. The van der Waals surface area contributed by atoms with Gasteiger partial charge < -0.3 is 15.4 Å². The number of pyridine rings is 1. The highest BCUT2D eigenvalue weighted by atomic mass is 16.3. The Morgan fingerprint density at radius 3 is 2.84 bits per heavy atom. The normalized spacial score (nSPS) is 11.0. The lowest BCUT2D eigenvalue weighted by Gasteiger charge is -2.08. The second-order valence-electron chi connectivity index (χ2n) is 3.88. The van der Waals surface area contributed by atoms with E-state index in [9.17, 15) is 14.7 Å². The Labute approximate surface area is 108 Å². The number of primary amides is 1. The van der Waals surface area contributed by atoms with E-state index in [1.807, 2.05) is 5.43 Å². The lowest BCUT2D eigenvalue weighted by Crippen LogP contribution is -2.26. The maximum Gasteiger partial charge on any atom is 0.332 e. The van der Waals surface area contributed by atoms with Gasteiger partial charge in [-0.05, 0) is 12.1 Å². The van der Waals surface area contributed by atoms with Gasteiger partial charge in [-0.25, -0.2) is 10.2 Å². The molecule has 98 valence electrons. The van der Waals surface area contributed by atoms with Gasteiger partial charge in [-0.2, -0.15) is 5.10 Å². The van der Waals surface area contributed by atoms with Crippen LogP contribution in [0, 0.1) is 0 Å². The molecule has 4 N–H and O–H groups in total. The molecule has 0 radical (unpaired) electrons. The van der Waals surface area contributed by atoms with E-state index in [0.29, 0.717) is 10.9 Å². The molecule has 0 saturated carbocycles. The number of urea groups is 1. The van der Waals surface area contributed by atoms with E-state index in [2.05, 4.69) is 5.10 Å². The van der Waals surface area contributed by atoms with Gasteiger partial charge in [0.25, 0.3) is 5.56 Å². The highest BCUT2D eigenvalue weighted by Gasteiger charge is 2.12. The summed E-state index contributed by atoms with van der Waals surface area (Å²) in [6, 6.07) is 6.06. The molecule has 0 spiro atoms. The van der Waals surface area contributed by atoms with Crippen LogP contribution >= 0.6 is 0 Å². The number of benzene rings is 1. The lowest BCUT2D eigenvalue weighted by molar-refractivity contribution is 0.249. The van der Waals surface area contributed by atoms with Crippen molar-refractivity contribution in [2.24, 2.45) is 17.9 Å². The quantitative estimate of drug-likeness (QED) is 0.531. The molecule has 0 saturated heterocycles. The molecule has 0 aliphatic heterocycles. The number of nitrogens with one attached hydrogen (secondary N) is 1. The van der Waals surface area contributed by atoms with E-state index >= 15 is 0 Å². The first-order chi connectivity index (χ1) is 9.02. The zero-order valence-corrected chi connectivity index (χ0v) is 10.1. The van der Waals surface area contributed by atoms with E-state index in [4.69, 9.17) is 5.73 Å². The number of aromatic hydroxyl groups is 1. The third-order valence-corrected chi connectivity index (χ3v) is 2.68. The Morgan fingerprint density at radius 1 is 1.47 bits per heavy atom. The molecule has 2 rings (SSSR count). The van der Waals surface area contributed by atoms with Crippen molar-refractivity contribution in [3.05, 3.63) is 40.2 Å². The average Bonchev–Trinajstić information content (AvgIpc) is 2.40. The SMILES string of the molecule is Cn1c(=O)c(/C=N\NC(N)=O)c(O)c2ccccc21. The number of carbonyl (C=O) groups is 1. The van der Waals surface area contributed by atoms with Gasteiger partial charge >= 0.3 is 6.03 Å². The van der Waals surface area contributed by atoms with Crippen LogP contribution in [0.15, 0.2) is 34.2 Å². The predicted molar refractivity (Wildman–Crippen MR) is 71.2 cm³/mol. The second-order valence-corrected chi connectivity index (χ2v) is 3.88. The zero-order chi connectivity index (χ0) is 14.0. The van der Waals surface area contributed by atoms with Gasteiger partial charge in [-0.3, -0.25) is 4.79 Å². The molecule has 1 heterocycles. The minimum absolute atomic E-state index is 0.0186. The largest absolute Gasteiger partial charge is 0.506 e. The zero-order valence-electron chi connectivity index (χ0n) is 10.1. The Morgan fingerprint density at radius 2 is 2.16 bits per heavy atom. The van der Waals surface area contributed by atoms with Crippen molar-refractivity contribution in [2.75, 3.05) is 0 Å². The van der Waals surface area contributed by atoms with Crippen LogP contribution in [0.2, 0.25) is 0 Å². The standard InChI is InChI=1S/C12H12N4O3/c1-16-9-5-3-2-4-7(9)10(17)8(11(16)18)6-14-15-12(13)19/h2-6,17H,1H3,(H3,13,15,19)/b14-6-. The number of fused-ring (bicyclic) bond motifs is 1. The molecule has 1 aromatic carbocycles. The summed E-state index contributed by atoms with van der Waals surface area (Å²) in [5.41, 5.74) is 6.97. The minimum Gasteiger partial charge on any atom is -0.506 e. The summed E-state index contributed by atoms with van der Waals surface area (Å²) in [5, 5.41) is 14.1. The third kappa shape index (κ3) is 2.25. The molecule has 2 amide bonds. The van der Waals surface area contributed by atoms with E-state index in [1.165, 1.54) is 4.57 Å². The number of amides is 2. The maximum absolute atomic E-state index is 12.0. The minimum atomic E-state index is -0.853. The van der Waals surface area contributed by atoms with Crippen LogP contribution in [0.3, 0.4) is 0 Å². The molecule has 0 atom stereocenters. The fourth-order valence-electron chi connectivity index (χ4n) is 1.78. The third-order valence-electron chi connectivity index (χ3n) is 2.68. The van der Waals surface area contributed by atoms with Crippen molar-refractivity contribution in [1.82, 2.24) is 9.99 Å². The fraction of sp³-hybridized carbons (Fsp3) is 0.0833. The van der Waals surface area contributed by atoms with Crippen LogP contribution in [0.25, 0.3) is 10.9 Å². The molecule has 7 nitrogen and oxygen atoms in total. The number of hydrogen-bond donors (Lipinski definition) is 3. The van der Waals surface area contributed by atoms with Gasteiger partial charge in [0, 0.05) is 12.4 Å². The van der Waals surface area contributed by atoms with Crippen LogP contribution in [0.4, 0.5) is 4.79 Å². The summed E-state index contributed by atoms with van der Waals surface area (Å²) in [7, 11) is 1.59. The van der Waals surface area contributed by atoms with Crippen LogP contribution in [-0.2, 0) is 7.05 Å². The van der Waals surface area contributed by atoms with Gasteiger partial charge in [0.15, 0.2) is 0 Å². The van der Waals surface area contributed by atoms with E-state index < -0.39 is 11.6 Å². The number of nitrogens with zero attached hydrogens (tertiary/aromatic N) is 2. The number of aryl methyl sites for hydroxylation is 1. The van der Waals surface area contributed by atoms with E-state index in [-0.39, 0.29) is 11.3 Å². The van der Waals surface area contributed by atoms with Crippen LogP contribution in [-0.4, -0.2) is 21.9 Å². The molecule has 0 unspecified atom stereocenters. The Hall–Kier alpha value is -2.83. The number of rotatable bonds is 2. The molecule has 1 aromatic heterocycles. The van der Waals surface area contributed by atoms with E-state index in [0.717, 1.165) is 6.21 Å². The first-order valence-corrected chi connectivity index (χ1v) is 5.41. The average molecular weight is 260 g/mol. The smallest absolute Gasteiger partial charge is 0.332 e. The predicted octanol–water partition coefficient (Wildman–Crippen LogP) is 0.246. The van der Waals surface area contributed by atoms with Gasteiger partial charge in [0.1, 0.15) is 11.3 Å². The highest BCUT2D eigenvalue weighted by Crippen LogP contribution is 2.24. The number of hydrazone groups is 1. The molecule has 0 aliphatic rings. The summed E-state index contributed by atoms with van der Waals surface area (Å²) in [6.45, 7) is 0. The van der Waals surface area contributed by atoms with Crippen LogP contribution in [0.5, 0.6) is 5.75 Å². The Balaban J connectivity index is 2.65. The summed E-state index contributed by atoms with van der Waals surface area (Å²) in [6.07, 6.45) is 1.06. The van der Waals surface area contributed by atoms with Gasteiger partial charge in [-0.15, -0.1) is 0 Å². The molecule has 7 heteroatoms. The Kier molecular flexibility index (Phi) is 3.19. The maximum atomic E-state index is 12.0. The van der Waals surface area contributed by atoms with Crippen molar-refractivity contribution in [2.45, 2.75) is 0 Å². The highest BCUT2D eigenvalue weighted by molar-refractivity contribution is 5.95. The summed E-state index contributed by atoms with van der Waals surface area (Å²) in [4.78, 5) is 22.5. The molecule has 2 aromatic rings. The topological polar surface area (TPSA) is 110 Å². The first kappa shape index (κ1) is 12.6. The molecular formula is C12H12N4O3. The van der Waals surface area contributed by atoms with Gasteiger partial charge in [0.2, 0.25) is 0 Å². The van der Waals surface area contributed by atoms with Crippen molar-refractivity contribution in [3.63, 3.8) is 0 Å². The van der Waals surface area contributed by atoms with Gasteiger partial charge in [0.05, 0.1) is 11.7 Å². The van der Waals surface area contributed by atoms with Crippen molar-refractivity contribution in [3.8, 4) is 5.75 Å². The summed E-state index contributed by atoms with van der Waals surface area (Å²) in [5.74, 6) is -0.186. The van der Waals surface area contributed by atoms with E-state index in [1.54, 1.807) is 31.3 Å². The van der Waals surface area contributed by atoms with Crippen LogP contribution in [0.1, 0.15) is 5.56 Å². The van der Waals surface area contributed by atoms with Gasteiger partial charge in [-0.1, -0.05) is 12.1 Å². The molecule has 19 heavy (non-hydrogen) atoms. The number of aromatic nitrogens is 1. The molecule has 0 fully saturated rings. The van der Waals surface area contributed by atoms with Crippen molar-refractivity contribution < 1.29 is 9.90 Å². The fourth-order valence-corrected chi connectivity index (χ4v) is 1.78. The summed E-state index contributed by atoms with van der Waals surface area (Å²) >= 11 is 0. The number of hydrogen-bond acceptors (Lipinski definition) is 4. The van der Waals surface area contributed by atoms with Crippen molar-refractivity contribution >= 4 is 23.1 Å². The molecule has 0 aliphatic carbocycles. The van der Waals surface area contributed by atoms with Crippen molar-refractivity contribution in [1.29, 1.82) is 0 Å². The second kappa shape index (κ2) is 4.81. The number of para-hydroxylation sites is 1. The molecule has 0 bridgehead atoms. The summed E-state index contributed by atoms with van der Waals surface area (Å²) < 4.78 is 1.39.